The molecular weight excluding hydrogens is 564 g/mol. The van der Waals surface area contributed by atoms with Crippen LogP contribution in [0.3, 0.4) is 0 Å². The van der Waals surface area contributed by atoms with E-state index in [1.807, 2.05) is 122 Å². The quantitative estimate of drug-likeness (QED) is 0.100. The van der Waals surface area contributed by atoms with Crippen LogP contribution >= 0.6 is 0 Å². The van der Waals surface area contributed by atoms with Crippen molar-refractivity contribution in [3.8, 4) is 23.0 Å². The molecule has 6 heteroatoms. The van der Waals surface area contributed by atoms with Gasteiger partial charge in [-0.3, -0.25) is 0 Å². The summed E-state index contributed by atoms with van der Waals surface area (Å²) >= 11 is 0. The minimum atomic E-state index is -0.521. The molecule has 7 aromatic carbocycles. The van der Waals surface area contributed by atoms with Crippen molar-refractivity contribution in [2.45, 2.75) is 6.92 Å². The Balaban J connectivity index is 1.17. The van der Waals surface area contributed by atoms with E-state index in [1.54, 1.807) is 12.1 Å². The van der Waals surface area contributed by atoms with Crippen LogP contribution in [0.2, 0.25) is 0 Å². The molecule has 0 aliphatic heterocycles. The summed E-state index contributed by atoms with van der Waals surface area (Å²) < 4.78 is 23.8. The average Bonchev–Trinajstić information content (AvgIpc) is 3.06. The summed E-state index contributed by atoms with van der Waals surface area (Å²) in [5.74, 6) is 0.975. The number of ether oxygens (including phenoxy) is 4. The Labute approximate surface area is 259 Å². The number of rotatable bonds is 8. The number of hydrogen-bond acceptors (Lipinski definition) is 6. The van der Waals surface area contributed by atoms with E-state index in [2.05, 4.69) is 0 Å². The number of aryl methyl sites for hydroxylation is 1. The summed E-state index contributed by atoms with van der Waals surface area (Å²) in [4.78, 5) is 26.0. The van der Waals surface area contributed by atoms with E-state index in [0.717, 1.165) is 48.7 Å². The van der Waals surface area contributed by atoms with Gasteiger partial charge < -0.3 is 18.9 Å². The Hall–Kier alpha value is -5.88. The van der Waals surface area contributed by atoms with Crippen LogP contribution in [0.4, 0.5) is 0 Å². The number of hydrogen-bond donors (Lipinski definition) is 0. The van der Waals surface area contributed by atoms with E-state index in [1.165, 1.54) is 0 Å². The van der Waals surface area contributed by atoms with Crippen LogP contribution in [0.1, 0.15) is 5.56 Å². The van der Waals surface area contributed by atoms with E-state index in [0.29, 0.717) is 23.0 Å². The molecule has 0 heterocycles. The van der Waals surface area contributed by atoms with Gasteiger partial charge in [0.05, 0.1) is 0 Å². The first-order valence-corrected chi connectivity index (χ1v) is 14.6. The van der Waals surface area contributed by atoms with Crippen molar-refractivity contribution in [3.05, 3.63) is 133 Å². The smallest absolute Gasteiger partial charge is 0.349 e. The zero-order valence-corrected chi connectivity index (χ0v) is 24.5. The second kappa shape index (κ2) is 12.0. The molecule has 0 aromatic heterocycles. The molecular formula is C39H28O6. The largest absolute Gasteiger partial charge is 0.481 e. The molecule has 7 aromatic rings. The lowest BCUT2D eigenvalue weighted by molar-refractivity contribution is -0.137. The highest BCUT2D eigenvalue weighted by atomic mass is 16.6. The van der Waals surface area contributed by atoms with Crippen LogP contribution in [-0.4, -0.2) is 25.2 Å². The Morgan fingerprint density at radius 3 is 1.42 bits per heavy atom. The summed E-state index contributed by atoms with van der Waals surface area (Å²) in [5.41, 5.74) is 1.00. The van der Waals surface area contributed by atoms with E-state index in [-0.39, 0.29) is 13.2 Å². The predicted octanol–water partition coefficient (Wildman–Crippen LogP) is 8.58. The molecule has 0 unspecified atom stereocenters. The third-order valence-corrected chi connectivity index (χ3v) is 7.70. The van der Waals surface area contributed by atoms with E-state index >= 15 is 0 Å². The number of esters is 2. The van der Waals surface area contributed by atoms with Crippen LogP contribution in [0.15, 0.2) is 127 Å². The summed E-state index contributed by atoms with van der Waals surface area (Å²) in [5, 5.41) is 6.63. The Kier molecular flexibility index (Phi) is 7.46. The van der Waals surface area contributed by atoms with Gasteiger partial charge in [-0.05, 0) is 35.9 Å². The van der Waals surface area contributed by atoms with Crippen LogP contribution in [0.5, 0.6) is 23.0 Å². The Bertz CT molecular complexity index is 2230. The first-order valence-electron chi connectivity index (χ1n) is 14.6. The maximum absolute atomic E-state index is 13.0. The Morgan fingerprint density at radius 2 is 0.889 bits per heavy atom. The fraction of sp³-hybridized carbons (Fsp3) is 0.0769. The molecule has 45 heavy (non-hydrogen) atoms. The zero-order chi connectivity index (χ0) is 30.8. The van der Waals surface area contributed by atoms with Gasteiger partial charge in [0, 0.05) is 32.3 Å². The SMILES string of the molecule is Cc1ccc2c(OCC(=O)Oc3cccc4ccccc34)c3ccccc3c(OCC(=O)Oc3cccc4ccccc34)c2c1. The minimum absolute atomic E-state index is 0.298. The lowest BCUT2D eigenvalue weighted by Crippen LogP contribution is -2.19. The number of benzene rings is 7. The molecule has 0 spiro atoms. The van der Waals surface area contributed by atoms with Crippen LogP contribution in [0.25, 0.3) is 43.1 Å². The second-order valence-corrected chi connectivity index (χ2v) is 10.7. The molecule has 0 fully saturated rings. The van der Waals surface area contributed by atoms with Crippen LogP contribution < -0.4 is 18.9 Å². The van der Waals surface area contributed by atoms with E-state index in [4.69, 9.17) is 18.9 Å². The van der Waals surface area contributed by atoms with Crippen molar-refractivity contribution < 1.29 is 28.5 Å². The van der Waals surface area contributed by atoms with Crippen molar-refractivity contribution in [1.82, 2.24) is 0 Å². The summed E-state index contributed by atoms with van der Waals surface area (Å²) in [6, 6.07) is 40.1. The molecule has 0 bridgehead atoms. The highest BCUT2D eigenvalue weighted by Crippen LogP contribution is 2.43. The summed E-state index contributed by atoms with van der Waals surface area (Å²) in [7, 11) is 0. The molecule has 0 aliphatic rings. The van der Waals surface area contributed by atoms with Crippen LogP contribution in [0, 0.1) is 6.92 Å². The highest BCUT2D eigenvalue weighted by molar-refractivity contribution is 6.11. The molecule has 0 N–H and O–H groups in total. The average molecular weight is 593 g/mol. The van der Waals surface area contributed by atoms with E-state index in [9.17, 15) is 9.59 Å². The molecule has 6 nitrogen and oxygen atoms in total. The van der Waals surface area contributed by atoms with Gasteiger partial charge in [-0.2, -0.15) is 0 Å². The lowest BCUT2D eigenvalue weighted by atomic mass is 9.99. The Morgan fingerprint density at radius 1 is 0.467 bits per heavy atom. The van der Waals surface area contributed by atoms with Crippen molar-refractivity contribution >= 4 is 55.0 Å². The van der Waals surface area contributed by atoms with E-state index < -0.39 is 11.9 Å². The van der Waals surface area contributed by atoms with Gasteiger partial charge >= 0.3 is 11.9 Å². The number of carbonyl (C=O) groups excluding carboxylic acids is 2. The minimum Gasteiger partial charge on any atom is -0.481 e. The normalized spacial score (nSPS) is 11.1. The molecule has 0 amide bonds. The molecule has 0 aliphatic carbocycles. The molecule has 220 valence electrons. The third-order valence-electron chi connectivity index (χ3n) is 7.70. The standard InChI is InChI=1S/C39H28O6/c1-25-20-21-32-33(22-25)39(43-24-37(41)45-35-19-9-13-27-11-3-5-15-29(27)35)31-17-7-6-16-30(31)38(32)42-23-36(40)44-34-18-8-12-26-10-2-4-14-28(26)34/h2-22H,23-24H2,1H3. The van der Waals surface area contributed by atoms with Gasteiger partial charge in [-0.25, -0.2) is 9.59 Å². The topological polar surface area (TPSA) is 71.1 Å². The van der Waals surface area contributed by atoms with Crippen molar-refractivity contribution in [3.63, 3.8) is 0 Å². The second-order valence-electron chi connectivity index (χ2n) is 10.7. The third kappa shape index (κ3) is 5.61. The first-order chi connectivity index (χ1) is 22.0. The number of carbonyl (C=O) groups is 2. The van der Waals surface area contributed by atoms with Crippen molar-refractivity contribution in [2.75, 3.05) is 13.2 Å². The van der Waals surface area contributed by atoms with Gasteiger partial charge in [0.1, 0.15) is 23.0 Å². The molecule has 0 saturated heterocycles. The number of fused-ring (bicyclic) bond motifs is 4. The van der Waals surface area contributed by atoms with Crippen LogP contribution in [-0.2, 0) is 9.59 Å². The molecule has 7 rings (SSSR count). The van der Waals surface area contributed by atoms with Gasteiger partial charge in [0.25, 0.3) is 0 Å². The predicted molar refractivity (Wildman–Crippen MR) is 176 cm³/mol. The van der Waals surface area contributed by atoms with Crippen molar-refractivity contribution in [2.24, 2.45) is 0 Å². The van der Waals surface area contributed by atoms with Gasteiger partial charge in [-0.1, -0.05) is 115 Å². The van der Waals surface area contributed by atoms with Gasteiger partial charge in [0.2, 0.25) is 0 Å². The monoisotopic (exact) mass is 592 g/mol. The highest BCUT2D eigenvalue weighted by Gasteiger charge is 2.19. The van der Waals surface area contributed by atoms with Gasteiger partial charge in [0.15, 0.2) is 13.2 Å². The fourth-order valence-electron chi connectivity index (χ4n) is 5.66. The molecule has 0 radical (unpaired) electrons. The maximum Gasteiger partial charge on any atom is 0.349 e. The fourth-order valence-corrected chi connectivity index (χ4v) is 5.66. The van der Waals surface area contributed by atoms with Gasteiger partial charge in [-0.15, -0.1) is 0 Å². The summed E-state index contributed by atoms with van der Waals surface area (Å²) in [6.45, 7) is 1.39. The maximum atomic E-state index is 13.0. The zero-order valence-electron chi connectivity index (χ0n) is 24.5. The van der Waals surface area contributed by atoms with Crippen molar-refractivity contribution in [1.29, 1.82) is 0 Å². The lowest BCUT2D eigenvalue weighted by Gasteiger charge is -2.18. The summed E-state index contributed by atoms with van der Waals surface area (Å²) in [6.07, 6.45) is 0. The first kappa shape index (κ1) is 27.9. The molecule has 0 saturated carbocycles. The molecule has 0 atom stereocenters.